The molecule has 0 aliphatic rings. The van der Waals surface area contributed by atoms with E-state index in [1.165, 1.54) is 4.90 Å². The van der Waals surface area contributed by atoms with Crippen LogP contribution in [-0.4, -0.2) is 39.6 Å². The number of hydrogen-bond donors (Lipinski definition) is 1. The molecule has 0 saturated heterocycles. The number of ether oxygens (including phenoxy) is 1. The Bertz CT molecular complexity index is 1360. The average molecular weight is 531 g/mol. The third kappa shape index (κ3) is 7.23. The SMILES string of the molecule is CC(C)(C)c1cc(NC(=O)CN(Cc2ccccc2)C(=O)COc2ccc(Cl)cc2)n(-c2ccccc2)n1. The van der Waals surface area contributed by atoms with Crippen molar-refractivity contribution in [3.63, 3.8) is 0 Å². The van der Waals surface area contributed by atoms with Crippen molar-refractivity contribution in [2.45, 2.75) is 32.7 Å². The number of aromatic nitrogens is 2. The van der Waals surface area contributed by atoms with Crippen LogP contribution in [0.4, 0.5) is 5.82 Å². The molecule has 0 aliphatic heterocycles. The van der Waals surface area contributed by atoms with Gasteiger partial charge in [-0.3, -0.25) is 9.59 Å². The molecule has 7 nitrogen and oxygen atoms in total. The molecule has 0 bridgehead atoms. The first-order chi connectivity index (χ1) is 18.2. The number of anilines is 1. The molecule has 3 aromatic carbocycles. The number of rotatable bonds is 9. The maximum Gasteiger partial charge on any atom is 0.261 e. The Balaban J connectivity index is 1.52. The lowest BCUT2D eigenvalue weighted by atomic mass is 9.92. The third-order valence-electron chi connectivity index (χ3n) is 5.83. The Morgan fingerprint density at radius 1 is 0.947 bits per heavy atom. The Kier molecular flexibility index (Phi) is 8.48. The van der Waals surface area contributed by atoms with Crippen LogP contribution in [0, 0.1) is 0 Å². The summed E-state index contributed by atoms with van der Waals surface area (Å²) >= 11 is 5.93. The molecule has 0 radical (unpaired) electrons. The first kappa shape index (κ1) is 26.9. The molecule has 0 fully saturated rings. The van der Waals surface area contributed by atoms with Crippen LogP contribution in [0.25, 0.3) is 5.69 Å². The van der Waals surface area contributed by atoms with Gasteiger partial charge in [0.05, 0.1) is 11.4 Å². The van der Waals surface area contributed by atoms with Gasteiger partial charge < -0.3 is 15.0 Å². The molecule has 1 N–H and O–H groups in total. The Hall–Kier alpha value is -4.10. The lowest BCUT2D eigenvalue weighted by Crippen LogP contribution is -2.40. The summed E-state index contributed by atoms with van der Waals surface area (Å²) in [5.74, 6) is 0.410. The maximum atomic E-state index is 13.3. The second-order valence-electron chi connectivity index (χ2n) is 9.94. The van der Waals surface area contributed by atoms with E-state index in [-0.39, 0.29) is 36.9 Å². The fourth-order valence-corrected chi connectivity index (χ4v) is 3.89. The van der Waals surface area contributed by atoms with Crippen molar-refractivity contribution in [1.82, 2.24) is 14.7 Å². The summed E-state index contributed by atoms with van der Waals surface area (Å²) in [6.45, 7) is 6.11. The number of carbonyl (C=O) groups excluding carboxylic acids is 2. The summed E-state index contributed by atoms with van der Waals surface area (Å²) in [7, 11) is 0. The van der Waals surface area contributed by atoms with Crippen LogP contribution in [0.5, 0.6) is 5.75 Å². The number of amides is 2. The monoisotopic (exact) mass is 530 g/mol. The van der Waals surface area contributed by atoms with Crippen molar-refractivity contribution in [3.05, 3.63) is 107 Å². The standard InChI is InChI=1S/C30H31ClN4O3/c1-30(2,3)26-18-27(35(33-26)24-12-8-5-9-13-24)32-28(36)20-34(19-22-10-6-4-7-11-22)29(37)21-38-25-16-14-23(31)15-17-25/h4-18H,19-21H2,1-3H3,(H,32,36). The van der Waals surface area contributed by atoms with Gasteiger partial charge in [0, 0.05) is 23.0 Å². The predicted octanol–water partition coefficient (Wildman–Crippen LogP) is 5.87. The minimum atomic E-state index is -0.335. The largest absolute Gasteiger partial charge is 0.484 e. The molecule has 8 heteroatoms. The first-order valence-corrected chi connectivity index (χ1v) is 12.7. The quantitative estimate of drug-likeness (QED) is 0.293. The van der Waals surface area contributed by atoms with E-state index < -0.39 is 0 Å². The zero-order chi connectivity index (χ0) is 27.1. The van der Waals surface area contributed by atoms with Gasteiger partial charge in [0.2, 0.25) is 5.91 Å². The van der Waals surface area contributed by atoms with E-state index in [0.717, 1.165) is 16.9 Å². The highest BCUT2D eigenvalue weighted by Crippen LogP contribution is 2.26. The molecule has 4 aromatic rings. The van der Waals surface area contributed by atoms with Crippen LogP contribution in [0.2, 0.25) is 5.02 Å². The van der Waals surface area contributed by atoms with Gasteiger partial charge in [0.1, 0.15) is 18.1 Å². The van der Waals surface area contributed by atoms with Crippen molar-refractivity contribution in [3.8, 4) is 11.4 Å². The summed E-state index contributed by atoms with van der Waals surface area (Å²) in [6, 6.07) is 27.8. The van der Waals surface area contributed by atoms with Crippen molar-refractivity contribution in [1.29, 1.82) is 0 Å². The van der Waals surface area contributed by atoms with Crippen LogP contribution >= 0.6 is 11.6 Å². The Labute approximate surface area is 228 Å². The van der Waals surface area contributed by atoms with E-state index in [9.17, 15) is 9.59 Å². The molecule has 0 aliphatic carbocycles. The molecular formula is C30H31ClN4O3. The normalized spacial score (nSPS) is 11.2. The number of nitrogens with one attached hydrogen (secondary N) is 1. The van der Waals surface area contributed by atoms with Crippen molar-refractivity contribution in [2.24, 2.45) is 0 Å². The van der Waals surface area contributed by atoms with E-state index in [1.807, 2.05) is 66.7 Å². The number of halogens is 1. The van der Waals surface area contributed by atoms with Gasteiger partial charge >= 0.3 is 0 Å². The van der Waals surface area contributed by atoms with Gasteiger partial charge in [-0.25, -0.2) is 4.68 Å². The van der Waals surface area contributed by atoms with E-state index in [4.69, 9.17) is 21.4 Å². The lowest BCUT2D eigenvalue weighted by Gasteiger charge is -2.22. The van der Waals surface area contributed by atoms with E-state index in [1.54, 1.807) is 28.9 Å². The highest BCUT2D eigenvalue weighted by Gasteiger charge is 2.23. The summed E-state index contributed by atoms with van der Waals surface area (Å²) < 4.78 is 7.38. The van der Waals surface area contributed by atoms with E-state index >= 15 is 0 Å². The van der Waals surface area contributed by atoms with Crippen LogP contribution < -0.4 is 10.1 Å². The van der Waals surface area contributed by atoms with Gasteiger partial charge in [-0.05, 0) is 42.0 Å². The molecule has 0 atom stereocenters. The number of nitrogens with zero attached hydrogens (tertiary/aromatic N) is 3. The summed E-state index contributed by atoms with van der Waals surface area (Å²) in [5, 5.41) is 8.29. The third-order valence-corrected chi connectivity index (χ3v) is 6.08. The van der Waals surface area contributed by atoms with Gasteiger partial charge in [0.15, 0.2) is 6.61 Å². The zero-order valence-electron chi connectivity index (χ0n) is 21.7. The molecule has 1 aromatic heterocycles. The van der Waals surface area contributed by atoms with Gasteiger partial charge in [-0.15, -0.1) is 0 Å². The molecule has 0 spiro atoms. The highest BCUT2D eigenvalue weighted by atomic mass is 35.5. The summed E-state index contributed by atoms with van der Waals surface area (Å²) in [6.07, 6.45) is 0. The van der Waals surface area contributed by atoms with Crippen LogP contribution in [-0.2, 0) is 21.5 Å². The first-order valence-electron chi connectivity index (χ1n) is 12.3. The molecular weight excluding hydrogens is 500 g/mol. The minimum Gasteiger partial charge on any atom is -0.484 e. The number of hydrogen-bond acceptors (Lipinski definition) is 4. The number of carbonyl (C=O) groups is 2. The molecule has 1 heterocycles. The second-order valence-corrected chi connectivity index (χ2v) is 10.4. The minimum absolute atomic E-state index is 0.150. The number of benzene rings is 3. The predicted molar refractivity (Wildman–Crippen MR) is 150 cm³/mol. The van der Waals surface area contributed by atoms with Gasteiger partial charge in [-0.2, -0.15) is 5.10 Å². The molecule has 0 unspecified atom stereocenters. The lowest BCUT2D eigenvalue weighted by molar-refractivity contribution is -0.137. The topological polar surface area (TPSA) is 76.5 Å². The molecule has 2 amide bonds. The maximum absolute atomic E-state index is 13.3. The van der Waals surface area contributed by atoms with Gasteiger partial charge in [0.25, 0.3) is 5.91 Å². The fourth-order valence-electron chi connectivity index (χ4n) is 3.76. The van der Waals surface area contributed by atoms with Crippen LogP contribution in [0.3, 0.4) is 0 Å². The highest BCUT2D eigenvalue weighted by molar-refractivity contribution is 6.30. The molecule has 0 saturated carbocycles. The van der Waals surface area contributed by atoms with Gasteiger partial charge in [-0.1, -0.05) is 80.9 Å². The smallest absolute Gasteiger partial charge is 0.261 e. The van der Waals surface area contributed by atoms with Crippen molar-refractivity contribution in [2.75, 3.05) is 18.5 Å². The fraction of sp³-hybridized carbons (Fsp3) is 0.233. The van der Waals surface area contributed by atoms with E-state index in [0.29, 0.717) is 16.6 Å². The average Bonchev–Trinajstić information content (AvgIpc) is 3.33. The zero-order valence-corrected chi connectivity index (χ0v) is 22.5. The summed E-state index contributed by atoms with van der Waals surface area (Å²) in [5.41, 5.74) is 2.36. The molecule has 38 heavy (non-hydrogen) atoms. The number of para-hydroxylation sites is 1. The molecule has 4 rings (SSSR count). The Morgan fingerprint density at radius 2 is 1.58 bits per heavy atom. The van der Waals surface area contributed by atoms with E-state index in [2.05, 4.69) is 26.1 Å². The van der Waals surface area contributed by atoms with Crippen LogP contribution in [0.15, 0.2) is 91.0 Å². The Morgan fingerprint density at radius 3 is 2.21 bits per heavy atom. The molecule has 196 valence electrons. The van der Waals surface area contributed by atoms with Crippen molar-refractivity contribution >= 4 is 29.2 Å². The summed E-state index contributed by atoms with van der Waals surface area (Å²) in [4.78, 5) is 27.9. The van der Waals surface area contributed by atoms with Crippen molar-refractivity contribution < 1.29 is 14.3 Å². The van der Waals surface area contributed by atoms with Crippen LogP contribution in [0.1, 0.15) is 32.0 Å². The second kappa shape index (κ2) is 12.0.